The van der Waals surface area contributed by atoms with E-state index >= 15 is 0 Å². The topological polar surface area (TPSA) is 135 Å². The van der Waals surface area contributed by atoms with Crippen molar-refractivity contribution in [2.24, 2.45) is 0 Å². The SMILES string of the molecule is CC(=O)CCCC(=O)N(Cc1ccc2c(c1)OCO2)[C@@H]1C=C(C(=O)NCCO)[C@@H]2c3ccccc3O[C@@H]2[C@H]1O. The highest BCUT2D eigenvalue weighted by atomic mass is 16.7. The van der Waals surface area contributed by atoms with Gasteiger partial charge in [0.25, 0.3) is 0 Å². The van der Waals surface area contributed by atoms with E-state index in [0.717, 1.165) is 11.1 Å². The molecular formula is C29H32N2O8. The van der Waals surface area contributed by atoms with Gasteiger partial charge in [0.2, 0.25) is 18.6 Å². The minimum absolute atomic E-state index is 0.00878. The van der Waals surface area contributed by atoms with Crippen LogP contribution in [-0.4, -0.2) is 70.9 Å². The Balaban J connectivity index is 1.51. The fourth-order valence-electron chi connectivity index (χ4n) is 5.42. The van der Waals surface area contributed by atoms with Crippen LogP contribution in [0.25, 0.3) is 0 Å². The fraction of sp³-hybridized carbons (Fsp3) is 0.414. The van der Waals surface area contributed by atoms with Crippen LogP contribution in [-0.2, 0) is 20.9 Å². The quantitative estimate of drug-likeness (QED) is 0.419. The Bertz CT molecular complexity index is 1290. The van der Waals surface area contributed by atoms with Crippen LogP contribution in [0, 0.1) is 0 Å². The molecule has 0 unspecified atom stereocenters. The van der Waals surface area contributed by atoms with Gasteiger partial charge in [-0.05, 0) is 43.2 Å². The van der Waals surface area contributed by atoms with E-state index in [1.54, 1.807) is 24.3 Å². The van der Waals surface area contributed by atoms with Crippen molar-refractivity contribution in [2.75, 3.05) is 19.9 Å². The highest BCUT2D eigenvalue weighted by Gasteiger charge is 2.50. The van der Waals surface area contributed by atoms with Crippen molar-refractivity contribution in [3.8, 4) is 17.2 Å². The minimum Gasteiger partial charge on any atom is -0.486 e. The maximum Gasteiger partial charge on any atom is 0.247 e. The van der Waals surface area contributed by atoms with Gasteiger partial charge in [-0.2, -0.15) is 0 Å². The van der Waals surface area contributed by atoms with Crippen molar-refractivity contribution in [1.82, 2.24) is 10.2 Å². The number of aliphatic hydroxyl groups excluding tert-OH is 2. The molecule has 3 aliphatic rings. The van der Waals surface area contributed by atoms with Crippen molar-refractivity contribution in [3.05, 3.63) is 65.2 Å². The maximum atomic E-state index is 13.6. The van der Waals surface area contributed by atoms with Crippen LogP contribution in [0.3, 0.4) is 0 Å². The number of Topliss-reactive ketones (excluding diaryl/α,β-unsaturated/α-hetero) is 1. The Kier molecular flexibility index (Phi) is 7.85. The molecule has 0 fully saturated rings. The smallest absolute Gasteiger partial charge is 0.247 e. The van der Waals surface area contributed by atoms with Gasteiger partial charge < -0.3 is 39.4 Å². The third kappa shape index (κ3) is 5.48. The van der Waals surface area contributed by atoms with E-state index in [1.165, 1.54) is 11.8 Å². The van der Waals surface area contributed by atoms with Gasteiger partial charge in [-0.1, -0.05) is 24.3 Å². The molecule has 2 amide bonds. The number of carbonyl (C=O) groups is 3. The number of hydrogen-bond donors (Lipinski definition) is 3. The first-order valence-electron chi connectivity index (χ1n) is 13.1. The lowest BCUT2D eigenvalue weighted by atomic mass is 9.77. The van der Waals surface area contributed by atoms with Crippen LogP contribution in [0.2, 0.25) is 0 Å². The van der Waals surface area contributed by atoms with Gasteiger partial charge in [0, 0.05) is 37.1 Å². The van der Waals surface area contributed by atoms with Gasteiger partial charge in [0.1, 0.15) is 23.7 Å². The zero-order chi connectivity index (χ0) is 27.5. The van der Waals surface area contributed by atoms with Crippen LogP contribution in [0.4, 0.5) is 0 Å². The third-order valence-corrected chi connectivity index (χ3v) is 7.27. The molecule has 206 valence electrons. The average Bonchev–Trinajstić information content (AvgIpc) is 3.55. The summed E-state index contributed by atoms with van der Waals surface area (Å²) in [6.07, 6.45) is 0.447. The number of rotatable bonds is 10. The van der Waals surface area contributed by atoms with Crippen LogP contribution in [0.5, 0.6) is 17.2 Å². The monoisotopic (exact) mass is 536 g/mol. The number of amides is 2. The molecule has 39 heavy (non-hydrogen) atoms. The Labute approximate surface area is 226 Å². The van der Waals surface area contributed by atoms with Crippen LogP contribution < -0.4 is 19.5 Å². The molecule has 0 spiro atoms. The molecule has 2 aromatic rings. The van der Waals surface area contributed by atoms with E-state index in [9.17, 15) is 24.6 Å². The second-order valence-electron chi connectivity index (χ2n) is 9.95. The molecule has 5 rings (SSSR count). The number of hydrogen-bond acceptors (Lipinski definition) is 8. The lowest BCUT2D eigenvalue weighted by molar-refractivity contribution is -0.138. The van der Waals surface area contributed by atoms with Gasteiger partial charge in [-0.3, -0.25) is 9.59 Å². The molecule has 0 saturated heterocycles. The molecule has 2 aliphatic heterocycles. The highest BCUT2D eigenvalue weighted by molar-refractivity contribution is 5.96. The average molecular weight is 537 g/mol. The predicted molar refractivity (Wildman–Crippen MR) is 139 cm³/mol. The maximum absolute atomic E-state index is 13.6. The molecular weight excluding hydrogens is 504 g/mol. The van der Waals surface area contributed by atoms with Crippen molar-refractivity contribution in [1.29, 1.82) is 0 Å². The first kappa shape index (κ1) is 26.7. The van der Waals surface area contributed by atoms with E-state index in [2.05, 4.69) is 5.32 Å². The normalized spacial score (nSPS) is 22.3. The molecule has 10 nitrogen and oxygen atoms in total. The molecule has 2 heterocycles. The molecule has 4 atom stereocenters. The molecule has 3 N–H and O–H groups in total. The largest absolute Gasteiger partial charge is 0.486 e. The summed E-state index contributed by atoms with van der Waals surface area (Å²) in [6.45, 7) is 1.56. The Morgan fingerprint density at radius 2 is 1.85 bits per heavy atom. The summed E-state index contributed by atoms with van der Waals surface area (Å²) in [5.41, 5.74) is 1.89. The lowest BCUT2D eigenvalue weighted by Gasteiger charge is -2.41. The van der Waals surface area contributed by atoms with Crippen LogP contribution in [0.15, 0.2) is 54.1 Å². The summed E-state index contributed by atoms with van der Waals surface area (Å²) in [7, 11) is 0. The van der Waals surface area contributed by atoms with Crippen molar-refractivity contribution >= 4 is 17.6 Å². The van der Waals surface area contributed by atoms with Crippen molar-refractivity contribution in [3.63, 3.8) is 0 Å². The van der Waals surface area contributed by atoms with Gasteiger partial charge >= 0.3 is 0 Å². The molecule has 10 heteroatoms. The minimum atomic E-state index is -1.14. The van der Waals surface area contributed by atoms with E-state index in [4.69, 9.17) is 14.2 Å². The molecule has 0 bridgehead atoms. The van der Waals surface area contributed by atoms with E-state index in [1.807, 2.05) is 24.3 Å². The number of fused-ring (bicyclic) bond motifs is 4. The number of para-hydroxylation sites is 1. The van der Waals surface area contributed by atoms with Crippen molar-refractivity contribution in [2.45, 2.75) is 56.9 Å². The number of ketones is 1. The summed E-state index contributed by atoms with van der Waals surface area (Å²) in [5.74, 6) is 0.537. The number of nitrogens with zero attached hydrogens (tertiary/aromatic N) is 1. The number of ether oxygens (including phenoxy) is 3. The summed E-state index contributed by atoms with van der Waals surface area (Å²) < 4.78 is 17.1. The molecule has 1 aliphatic carbocycles. The Hall–Kier alpha value is -3.89. The Morgan fingerprint density at radius 1 is 1.05 bits per heavy atom. The van der Waals surface area contributed by atoms with Gasteiger partial charge in [0.05, 0.1) is 18.6 Å². The van der Waals surface area contributed by atoms with E-state index in [-0.39, 0.29) is 51.0 Å². The summed E-state index contributed by atoms with van der Waals surface area (Å²) in [5, 5.41) is 23.6. The Morgan fingerprint density at radius 3 is 2.64 bits per heavy atom. The second-order valence-corrected chi connectivity index (χ2v) is 9.95. The number of benzene rings is 2. The van der Waals surface area contributed by atoms with Crippen LogP contribution >= 0.6 is 0 Å². The molecule has 0 saturated carbocycles. The van der Waals surface area contributed by atoms with E-state index < -0.39 is 30.1 Å². The summed E-state index contributed by atoms with van der Waals surface area (Å²) in [6, 6.07) is 11.8. The van der Waals surface area contributed by atoms with Gasteiger partial charge in [-0.25, -0.2) is 0 Å². The van der Waals surface area contributed by atoms with Crippen LogP contribution in [0.1, 0.15) is 43.2 Å². The molecule has 0 aromatic heterocycles. The second kappa shape index (κ2) is 11.5. The standard InChI is InChI=1S/C29H32N2O8/c1-17(33)5-4-8-25(34)31(15-18-9-10-23-24(13-18)38-16-37-23)21-14-20(29(36)30-11-12-32)26-19-6-2-3-7-22(19)39-28(26)27(21)35/h2-3,6-7,9-10,13-14,21,26-28,32,35H,4-5,8,11-12,15-16H2,1H3,(H,30,36)/t21-,26+,27+,28+/m1/s1. The highest BCUT2D eigenvalue weighted by Crippen LogP contribution is 2.47. The first-order valence-corrected chi connectivity index (χ1v) is 13.1. The van der Waals surface area contributed by atoms with Gasteiger partial charge in [-0.15, -0.1) is 0 Å². The number of nitrogens with one attached hydrogen (secondary N) is 1. The first-order chi connectivity index (χ1) is 18.9. The lowest BCUT2D eigenvalue weighted by Crippen LogP contribution is -2.55. The number of aliphatic hydroxyl groups is 2. The summed E-state index contributed by atoms with van der Waals surface area (Å²) >= 11 is 0. The van der Waals surface area contributed by atoms with Gasteiger partial charge in [0.15, 0.2) is 11.5 Å². The fourth-order valence-corrected chi connectivity index (χ4v) is 5.42. The molecule has 2 aromatic carbocycles. The van der Waals surface area contributed by atoms with Crippen molar-refractivity contribution < 1.29 is 38.8 Å². The zero-order valence-corrected chi connectivity index (χ0v) is 21.7. The number of carbonyl (C=O) groups excluding carboxylic acids is 3. The molecule has 0 radical (unpaired) electrons. The van der Waals surface area contributed by atoms with E-state index in [0.29, 0.717) is 29.2 Å². The zero-order valence-electron chi connectivity index (χ0n) is 21.7. The third-order valence-electron chi connectivity index (χ3n) is 7.27. The summed E-state index contributed by atoms with van der Waals surface area (Å²) in [4.78, 5) is 39.9. The predicted octanol–water partition coefficient (Wildman–Crippen LogP) is 1.83.